The maximum absolute atomic E-state index is 10.5. The molecule has 0 amide bonds. The van der Waals surface area contributed by atoms with E-state index in [9.17, 15) is 4.79 Å². The van der Waals surface area contributed by atoms with Gasteiger partial charge in [-0.05, 0) is 24.6 Å². The van der Waals surface area contributed by atoms with Gasteiger partial charge >= 0.3 is 0 Å². The van der Waals surface area contributed by atoms with Gasteiger partial charge in [0.2, 0.25) is 0 Å². The van der Waals surface area contributed by atoms with Crippen LogP contribution in [0.15, 0.2) is 24.4 Å². The Morgan fingerprint density at radius 2 is 2.29 bits per heavy atom. The molecule has 2 aromatic rings. The molecule has 0 aromatic carbocycles. The number of fused-ring (bicyclic) bond motifs is 1. The van der Waals surface area contributed by atoms with E-state index >= 15 is 0 Å². The van der Waals surface area contributed by atoms with Crippen molar-refractivity contribution >= 4 is 17.3 Å². The summed E-state index contributed by atoms with van der Waals surface area (Å²) in [4.78, 5) is 19.0. The zero-order valence-corrected chi connectivity index (χ0v) is 7.90. The molecule has 0 aliphatic heterocycles. The summed E-state index contributed by atoms with van der Waals surface area (Å²) in [5, 5.41) is 0.909. The summed E-state index contributed by atoms with van der Waals surface area (Å²) >= 11 is 0. The number of aldehydes is 1. The van der Waals surface area contributed by atoms with Crippen molar-refractivity contribution in [2.24, 2.45) is 0 Å². The van der Waals surface area contributed by atoms with Crippen molar-refractivity contribution in [1.82, 2.24) is 9.97 Å². The van der Waals surface area contributed by atoms with Gasteiger partial charge in [0.15, 0.2) is 11.9 Å². The second-order valence-electron chi connectivity index (χ2n) is 3.09. The second kappa shape index (κ2) is 3.54. The van der Waals surface area contributed by atoms with E-state index in [4.69, 9.17) is 0 Å². The topological polar surface area (TPSA) is 42.9 Å². The molecule has 0 saturated carbocycles. The molecule has 2 rings (SSSR count). The van der Waals surface area contributed by atoms with Crippen LogP contribution in [-0.2, 0) is 6.42 Å². The van der Waals surface area contributed by atoms with Gasteiger partial charge in [0.1, 0.15) is 0 Å². The quantitative estimate of drug-likeness (QED) is 0.674. The summed E-state index contributed by atoms with van der Waals surface area (Å²) < 4.78 is 0. The number of hydrogen-bond donors (Lipinski definition) is 0. The van der Waals surface area contributed by atoms with Crippen LogP contribution >= 0.6 is 0 Å². The highest BCUT2D eigenvalue weighted by Crippen LogP contribution is 2.11. The van der Waals surface area contributed by atoms with Crippen LogP contribution in [-0.4, -0.2) is 16.3 Å². The van der Waals surface area contributed by atoms with Crippen LogP contribution in [0, 0.1) is 0 Å². The minimum atomic E-state index is 0.587. The lowest BCUT2D eigenvalue weighted by molar-refractivity contribution is 0.112. The van der Waals surface area contributed by atoms with Gasteiger partial charge in [0.25, 0.3) is 0 Å². The Morgan fingerprint density at radius 3 is 3.00 bits per heavy atom. The van der Waals surface area contributed by atoms with Gasteiger partial charge < -0.3 is 0 Å². The predicted molar refractivity (Wildman–Crippen MR) is 54.3 cm³/mol. The molecule has 0 aliphatic carbocycles. The van der Waals surface area contributed by atoms with E-state index in [0.717, 1.165) is 23.8 Å². The lowest BCUT2D eigenvalue weighted by Gasteiger charge is -1.99. The fourth-order valence-electron chi connectivity index (χ4n) is 1.33. The van der Waals surface area contributed by atoms with E-state index < -0.39 is 0 Å². The first-order valence-corrected chi connectivity index (χ1v) is 4.54. The van der Waals surface area contributed by atoms with Gasteiger partial charge in [0.05, 0.1) is 0 Å². The smallest absolute Gasteiger partial charge is 0.159 e. The maximum Gasteiger partial charge on any atom is 0.159 e. The number of pyridine rings is 2. The molecule has 2 aromatic heterocycles. The van der Waals surface area contributed by atoms with Crippen LogP contribution in [0.2, 0.25) is 0 Å². The van der Waals surface area contributed by atoms with E-state index in [1.807, 2.05) is 19.1 Å². The molecule has 0 unspecified atom stereocenters. The van der Waals surface area contributed by atoms with Gasteiger partial charge in [-0.1, -0.05) is 6.92 Å². The molecule has 0 saturated heterocycles. The van der Waals surface area contributed by atoms with E-state index in [2.05, 4.69) is 9.97 Å². The largest absolute Gasteiger partial charge is 0.298 e. The van der Waals surface area contributed by atoms with Crippen molar-refractivity contribution in [2.75, 3.05) is 0 Å². The van der Waals surface area contributed by atoms with Crippen LogP contribution in [0.4, 0.5) is 0 Å². The molecule has 0 atom stereocenters. The third kappa shape index (κ3) is 1.48. The predicted octanol–water partition coefficient (Wildman–Crippen LogP) is 2.00. The minimum absolute atomic E-state index is 0.587. The van der Waals surface area contributed by atoms with Crippen molar-refractivity contribution < 1.29 is 4.79 Å². The Bertz CT molecular complexity index is 480. The van der Waals surface area contributed by atoms with Gasteiger partial charge in [-0.3, -0.25) is 4.79 Å². The molecule has 3 heteroatoms. The Balaban J connectivity index is 2.63. The standard InChI is InChI=1S/C11H10N2O/c1-2-10-4-3-9-5-8(7-14)6-12-11(9)13-10/h3-7H,2H2,1H3. The van der Waals surface area contributed by atoms with Gasteiger partial charge in [-0.2, -0.15) is 0 Å². The first-order chi connectivity index (χ1) is 6.83. The average Bonchev–Trinajstić information content (AvgIpc) is 2.27. The van der Waals surface area contributed by atoms with Crippen molar-refractivity contribution in [2.45, 2.75) is 13.3 Å². The summed E-state index contributed by atoms with van der Waals surface area (Å²) in [6, 6.07) is 5.70. The summed E-state index contributed by atoms with van der Waals surface area (Å²) in [5.74, 6) is 0. The molecule has 70 valence electrons. The molecule has 0 aliphatic rings. The van der Waals surface area contributed by atoms with E-state index in [1.165, 1.54) is 0 Å². The summed E-state index contributed by atoms with van der Waals surface area (Å²) in [5.41, 5.74) is 2.31. The first-order valence-electron chi connectivity index (χ1n) is 4.54. The van der Waals surface area contributed by atoms with Crippen molar-refractivity contribution in [3.8, 4) is 0 Å². The monoisotopic (exact) mass is 186 g/mol. The average molecular weight is 186 g/mol. The number of aryl methyl sites for hydroxylation is 1. The number of carbonyl (C=O) groups is 1. The fraction of sp³-hybridized carbons (Fsp3) is 0.182. The summed E-state index contributed by atoms with van der Waals surface area (Å²) in [6.45, 7) is 2.05. The SMILES string of the molecule is CCc1ccc2cc(C=O)cnc2n1. The highest BCUT2D eigenvalue weighted by atomic mass is 16.1. The number of hydrogen-bond acceptors (Lipinski definition) is 3. The van der Waals surface area contributed by atoms with E-state index in [-0.39, 0.29) is 0 Å². The minimum Gasteiger partial charge on any atom is -0.298 e. The van der Waals surface area contributed by atoms with E-state index in [1.54, 1.807) is 12.3 Å². The maximum atomic E-state index is 10.5. The molecule has 2 heterocycles. The molecule has 0 N–H and O–H groups in total. The van der Waals surface area contributed by atoms with Gasteiger partial charge in [0, 0.05) is 22.8 Å². The Morgan fingerprint density at radius 1 is 1.43 bits per heavy atom. The zero-order valence-electron chi connectivity index (χ0n) is 7.90. The first kappa shape index (κ1) is 8.81. The molecule has 0 fully saturated rings. The van der Waals surface area contributed by atoms with Crippen molar-refractivity contribution in [3.63, 3.8) is 0 Å². The van der Waals surface area contributed by atoms with Crippen LogP contribution in [0.5, 0.6) is 0 Å². The van der Waals surface area contributed by atoms with Crippen LogP contribution in [0.1, 0.15) is 23.0 Å². The Labute approximate surface area is 81.8 Å². The molecule has 0 bridgehead atoms. The lowest BCUT2D eigenvalue weighted by Crippen LogP contribution is -1.91. The van der Waals surface area contributed by atoms with Gasteiger partial charge in [-0.25, -0.2) is 9.97 Å². The van der Waals surface area contributed by atoms with Crippen LogP contribution in [0.25, 0.3) is 11.0 Å². The zero-order chi connectivity index (χ0) is 9.97. The molecule has 0 spiro atoms. The normalized spacial score (nSPS) is 10.4. The van der Waals surface area contributed by atoms with Crippen LogP contribution < -0.4 is 0 Å². The fourth-order valence-corrected chi connectivity index (χ4v) is 1.33. The van der Waals surface area contributed by atoms with Crippen LogP contribution in [0.3, 0.4) is 0 Å². The third-order valence-electron chi connectivity index (χ3n) is 2.12. The number of carbonyl (C=O) groups excluding carboxylic acids is 1. The highest BCUT2D eigenvalue weighted by Gasteiger charge is 1.99. The van der Waals surface area contributed by atoms with Crippen molar-refractivity contribution in [3.05, 3.63) is 35.7 Å². The van der Waals surface area contributed by atoms with Gasteiger partial charge in [-0.15, -0.1) is 0 Å². The second-order valence-corrected chi connectivity index (χ2v) is 3.09. The Hall–Kier alpha value is -1.77. The molecule has 0 radical (unpaired) electrons. The molecule has 14 heavy (non-hydrogen) atoms. The summed E-state index contributed by atoms with van der Waals surface area (Å²) in [7, 11) is 0. The number of rotatable bonds is 2. The lowest BCUT2D eigenvalue weighted by atomic mass is 10.2. The third-order valence-corrected chi connectivity index (χ3v) is 2.12. The number of aromatic nitrogens is 2. The van der Waals surface area contributed by atoms with Crippen molar-refractivity contribution in [1.29, 1.82) is 0 Å². The number of nitrogens with zero attached hydrogens (tertiary/aromatic N) is 2. The highest BCUT2D eigenvalue weighted by molar-refractivity contribution is 5.83. The molecular formula is C11H10N2O. The Kier molecular flexibility index (Phi) is 2.23. The summed E-state index contributed by atoms with van der Waals surface area (Å²) in [6.07, 6.45) is 3.23. The molecule has 3 nitrogen and oxygen atoms in total. The van der Waals surface area contributed by atoms with E-state index in [0.29, 0.717) is 11.2 Å². The molecular weight excluding hydrogens is 176 g/mol.